The highest BCUT2D eigenvalue weighted by molar-refractivity contribution is 7.99. The lowest BCUT2D eigenvalue weighted by Gasteiger charge is -2.18. The number of aromatic nitrogens is 2. The Kier molecular flexibility index (Phi) is 6.88. The summed E-state index contributed by atoms with van der Waals surface area (Å²) in [5.41, 5.74) is 3.19. The number of carbonyl (C=O) groups is 1. The van der Waals surface area contributed by atoms with Crippen LogP contribution in [-0.2, 0) is 17.9 Å². The van der Waals surface area contributed by atoms with E-state index < -0.39 is 0 Å². The molecule has 3 rings (SSSR count). The van der Waals surface area contributed by atoms with Crippen LogP contribution >= 0.6 is 23.1 Å². The highest BCUT2D eigenvalue weighted by Crippen LogP contribution is 2.28. The Labute approximate surface area is 185 Å². The third-order valence-electron chi connectivity index (χ3n) is 5.19. The Bertz CT molecular complexity index is 1120. The summed E-state index contributed by atoms with van der Waals surface area (Å²) in [6.07, 6.45) is 0. The Morgan fingerprint density at radius 3 is 2.43 bits per heavy atom. The van der Waals surface area contributed by atoms with Gasteiger partial charge < -0.3 is 9.80 Å². The molecule has 160 valence electrons. The fraction of sp³-hybridized carbons (Fsp3) is 0.409. The number of amides is 1. The lowest BCUT2D eigenvalue weighted by atomic mass is 10.2. The van der Waals surface area contributed by atoms with Gasteiger partial charge in [0.1, 0.15) is 4.83 Å². The largest absolute Gasteiger partial charge is 0.378 e. The minimum Gasteiger partial charge on any atom is -0.378 e. The molecule has 0 bridgehead atoms. The quantitative estimate of drug-likeness (QED) is 0.408. The molecule has 0 aliphatic rings. The van der Waals surface area contributed by atoms with E-state index in [4.69, 9.17) is 4.98 Å². The Morgan fingerprint density at radius 1 is 1.17 bits per heavy atom. The molecule has 2 heterocycles. The van der Waals surface area contributed by atoms with E-state index in [1.807, 2.05) is 64.0 Å². The molecule has 0 aliphatic carbocycles. The molecule has 30 heavy (non-hydrogen) atoms. The molecule has 0 atom stereocenters. The van der Waals surface area contributed by atoms with Gasteiger partial charge in [0, 0.05) is 44.8 Å². The predicted octanol–water partition coefficient (Wildman–Crippen LogP) is 3.91. The molecular weight excluding hydrogens is 416 g/mol. The molecule has 1 aromatic carbocycles. The summed E-state index contributed by atoms with van der Waals surface area (Å²) in [7, 11) is 5.81. The summed E-state index contributed by atoms with van der Waals surface area (Å²) in [4.78, 5) is 35.9. The summed E-state index contributed by atoms with van der Waals surface area (Å²) >= 11 is 2.86. The first-order chi connectivity index (χ1) is 14.2. The first-order valence-corrected chi connectivity index (χ1v) is 11.7. The van der Waals surface area contributed by atoms with Crippen LogP contribution in [0.2, 0.25) is 0 Å². The van der Waals surface area contributed by atoms with Crippen molar-refractivity contribution in [2.24, 2.45) is 0 Å². The van der Waals surface area contributed by atoms with Gasteiger partial charge in [-0.1, -0.05) is 23.9 Å². The van der Waals surface area contributed by atoms with Gasteiger partial charge in [0.2, 0.25) is 5.91 Å². The molecule has 0 fully saturated rings. The van der Waals surface area contributed by atoms with Crippen LogP contribution in [0.15, 0.2) is 34.2 Å². The van der Waals surface area contributed by atoms with Gasteiger partial charge in [-0.05, 0) is 44.0 Å². The minimum atomic E-state index is -0.0198. The molecule has 6 nitrogen and oxygen atoms in total. The zero-order valence-corrected chi connectivity index (χ0v) is 20.0. The molecule has 8 heteroatoms. The normalized spacial score (nSPS) is 11.1. The van der Waals surface area contributed by atoms with Crippen LogP contribution in [-0.4, -0.2) is 47.3 Å². The molecule has 0 N–H and O–H groups in total. The van der Waals surface area contributed by atoms with E-state index in [-0.39, 0.29) is 17.2 Å². The molecule has 0 saturated heterocycles. The van der Waals surface area contributed by atoms with E-state index in [1.54, 1.807) is 16.5 Å². The number of fused-ring (bicyclic) bond motifs is 1. The standard InChI is InChI=1S/C22H28N4O2S2/c1-7-26-21(28)19-14(2)15(3)30-20(19)23-22(26)29-13-18(27)25(6)12-16-8-10-17(11-9-16)24(4)5/h8-11H,7,12-13H2,1-6H3. The summed E-state index contributed by atoms with van der Waals surface area (Å²) in [5, 5.41) is 1.31. The fourth-order valence-corrected chi connectivity index (χ4v) is 5.27. The summed E-state index contributed by atoms with van der Waals surface area (Å²) in [6.45, 7) is 6.98. The Morgan fingerprint density at radius 2 is 1.83 bits per heavy atom. The first kappa shape index (κ1) is 22.4. The maximum atomic E-state index is 12.9. The average Bonchev–Trinajstić information content (AvgIpc) is 3.00. The SMILES string of the molecule is CCn1c(SCC(=O)N(C)Cc2ccc(N(C)C)cc2)nc2sc(C)c(C)c2c1=O. The molecular formula is C22H28N4O2S2. The van der Waals surface area contributed by atoms with Crippen molar-refractivity contribution in [2.45, 2.75) is 39.0 Å². The maximum Gasteiger partial charge on any atom is 0.263 e. The second-order valence-electron chi connectivity index (χ2n) is 7.51. The summed E-state index contributed by atoms with van der Waals surface area (Å²) < 4.78 is 1.67. The second kappa shape index (κ2) is 9.22. The minimum absolute atomic E-state index is 0.00669. The second-order valence-corrected chi connectivity index (χ2v) is 9.65. The van der Waals surface area contributed by atoms with Crippen LogP contribution in [0.1, 0.15) is 22.9 Å². The number of hydrogen-bond donors (Lipinski definition) is 0. The van der Waals surface area contributed by atoms with Crippen LogP contribution in [0.25, 0.3) is 10.2 Å². The average molecular weight is 445 g/mol. The lowest BCUT2D eigenvalue weighted by molar-refractivity contribution is -0.127. The number of aryl methyl sites for hydroxylation is 2. The van der Waals surface area contributed by atoms with Gasteiger partial charge >= 0.3 is 0 Å². The van der Waals surface area contributed by atoms with E-state index in [9.17, 15) is 9.59 Å². The van der Waals surface area contributed by atoms with E-state index in [2.05, 4.69) is 0 Å². The van der Waals surface area contributed by atoms with E-state index in [0.717, 1.165) is 26.5 Å². The number of nitrogens with zero attached hydrogens (tertiary/aromatic N) is 4. The van der Waals surface area contributed by atoms with Crippen LogP contribution in [0.3, 0.4) is 0 Å². The van der Waals surface area contributed by atoms with E-state index in [1.165, 1.54) is 23.1 Å². The molecule has 0 spiro atoms. The van der Waals surface area contributed by atoms with Crippen LogP contribution in [0, 0.1) is 13.8 Å². The molecule has 2 aromatic heterocycles. The van der Waals surface area contributed by atoms with Gasteiger partial charge in [0.05, 0.1) is 11.1 Å². The van der Waals surface area contributed by atoms with Gasteiger partial charge in [-0.2, -0.15) is 0 Å². The zero-order chi connectivity index (χ0) is 22.0. The molecule has 1 amide bonds. The Hall–Kier alpha value is -2.32. The maximum absolute atomic E-state index is 12.9. The molecule has 0 aliphatic heterocycles. The number of hydrogen-bond acceptors (Lipinski definition) is 6. The Balaban J connectivity index is 1.72. The van der Waals surface area contributed by atoms with Crippen molar-refractivity contribution >= 4 is 44.9 Å². The number of rotatable bonds is 7. The van der Waals surface area contributed by atoms with E-state index >= 15 is 0 Å². The van der Waals surface area contributed by atoms with Crippen molar-refractivity contribution in [1.82, 2.24) is 14.5 Å². The van der Waals surface area contributed by atoms with Gasteiger partial charge in [0.25, 0.3) is 5.56 Å². The van der Waals surface area contributed by atoms with Crippen molar-refractivity contribution in [2.75, 3.05) is 31.8 Å². The van der Waals surface area contributed by atoms with Crippen molar-refractivity contribution in [3.63, 3.8) is 0 Å². The summed E-state index contributed by atoms with van der Waals surface area (Å²) in [5.74, 6) is 0.250. The van der Waals surface area contributed by atoms with Gasteiger partial charge in [-0.25, -0.2) is 4.98 Å². The van der Waals surface area contributed by atoms with Crippen LogP contribution in [0.5, 0.6) is 0 Å². The number of carbonyl (C=O) groups excluding carboxylic acids is 1. The van der Waals surface area contributed by atoms with Crippen LogP contribution in [0.4, 0.5) is 5.69 Å². The molecule has 0 unspecified atom stereocenters. The van der Waals surface area contributed by atoms with Gasteiger partial charge in [-0.15, -0.1) is 11.3 Å². The number of benzene rings is 1. The molecule has 0 radical (unpaired) electrons. The third kappa shape index (κ3) is 4.54. The third-order valence-corrected chi connectivity index (χ3v) is 7.26. The van der Waals surface area contributed by atoms with Gasteiger partial charge in [0.15, 0.2) is 5.16 Å². The monoisotopic (exact) mass is 444 g/mol. The van der Waals surface area contributed by atoms with Gasteiger partial charge in [-0.3, -0.25) is 14.2 Å². The van der Waals surface area contributed by atoms with Crippen molar-refractivity contribution in [1.29, 1.82) is 0 Å². The smallest absolute Gasteiger partial charge is 0.263 e. The lowest BCUT2D eigenvalue weighted by Crippen LogP contribution is -2.28. The number of thiophene rings is 1. The number of thioether (sulfide) groups is 1. The predicted molar refractivity (Wildman–Crippen MR) is 127 cm³/mol. The zero-order valence-electron chi connectivity index (χ0n) is 18.4. The topological polar surface area (TPSA) is 58.4 Å². The van der Waals surface area contributed by atoms with Crippen molar-refractivity contribution in [3.8, 4) is 0 Å². The first-order valence-electron chi connectivity index (χ1n) is 9.86. The van der Waals surface area contributed by atoms with Crippen molar-refractivity contribution < 1.29 is 4.79 Å². The molecule has 0 saturated carbocycles. The van der Waals surface area contributed by atoms with E-state index in [0.29, 0.717) is 23.6 Å². The highest BCUT2D eigenvalue weighted by Gasteiger charge is 2.18. The summed E-state index contributed by atoms with van der Waals surface area (Å²) in [6, 6.07) is 8.18. The van der Waals surface area contributed by atoms with Crippen molar-refractivity contribution in [3.05, 3.63) is 50.6 Å². The number of anilines is 1. The fourth-order valence-electron chi connectivity index (χ4n) is 3.20. The highest BCUT2D eigenvalue weighted by atomic mass is 32.2. The van der Waals surface area contributed by atoms with Crippen LogP contribution < -0.4 is 10.5 Å². The molecule has 3 aromatic rings.